The van der Waals surface area contributed by atoms with E-state index in [1.165, 1.54) is 12.7 Å². The Labute approximate surface area is 155 Å². The molecule has 5 nitrogen and oxygen atoms in total. The van der Waals surface area contributed by atoms with Crippen LogP contribution in [0.15, 0.2) is 48.5 Å². The molecule has 1 unspecified atom stereocenters. The van der Waals surface area contributed by atoms with Crippen LogP contribution in [0.4, 0.5) is 0 Å². The monoisotopic (exact) mass is 375 g/mol. The summed E-state index contributed by atoms with van der Waals surface area (Å²) in [6, 6.07) is 14.5. The number of ether oxygens (including phenoxy) is 1. The van der Waals surface area contributed by atoms with Crippen molar-refractivity contribution in [2.75, 3.05) is 12.9 Å². The van der Waals surface area contributed by atoms with E-state index < -0.39 is 21.5 Å². The van der Waals surface area contributed by atoms with E-state index in [-0.39, 0.29) is 11.8 Å². The predicted octanol–water partition coefficient (Wildman–Crippen LogP) is 3.05. The number of carbonyl (C=O) groups is 1. The van der Waals surface area contributed by atoms with E-state index in [9.17, 15) is 13.2 Å². The van der Waals surface area contributed by atoms with Gasteiger partial charge in [0.15, 0.2) is 9.84 Å². The molecule has 0 bridgehead atoms. The number of benzene rings is 2. The minimum absolute atomic E-state index is 0.197. The fraction of sp³-hybridized carbons (Fsp3) is 0.350. The summed E-state index contributed by atoms with van der Waals surface area (Å²) in [6.07, 6.45) is 0.948. The topological polar surface area (TPSA) is 72.5 Å². The first-order valence-electron chi connectivity index (χ1n) is 8.54. The van der Waals surface area contributed by atoms with Crippen LogP contribution in [-0.4, -0.2) is 27.2 Å². The molecule has 0 spiro atoms. The molecular weight excluding hydrogens is 350 g/mol. The van der Waals surface area contributed by atoms with Crippen molar-refractivity contribution in [2.45, 2.75) is 32.1 Å². The summed E-state index contributed by atoms with van der Waals surface area (Å²) < 4.78 is 29.7. The van der Waals surface area contributed by atoms with Crippen LogP contribution < -0.4 is 10.1 Å². The van der Waals surface area contributed by atoms with E-state index in [0.29, 0.717) is 11.3 Å². The van der Waals surface area contributed by atoms with E-state index in [0.717, 1.165) is 12.0 Å². The van der Waals surface area contributed by atoms with Gasteiger partial charge in [-0.1, -0.05) is 43.3 Å². The van der Waals surface area contributed by atoms with Gasteiger partial charge >= 0.3 is 0 Å². The van der Waals surface area contributed by atoms with Gasteiger partial charge < -0.3 is 10.1 Å². The number of hydrogen-bond donors (Lipinski definition) is 1. The van der Waals surface area contributed by atoms with Crippen LogP contribution in [0.25, 0.3) is 0 Å². The molecule has 0 fully saturated rings. The van der Waals surface area contributed by atoms with Crippen molar-refractivity contribution in [1.82, 2.24) is 5.32 Å². The SMILES string of the molecule is CCc1ccc(C(C)NC(=O)CS(=O)(=O)Cc2cccc(OC)c2)cc1. The van der Waals surface area contributed by atoms with Gasteiger partial charge in [0.1, 0.15) is 11.5 Å². The molecule has 0 aliphatic rings. The summed E-state index contributed by atoms with van der Waals surface area (Å²) in [7, 11) is -2.04. The van der Waals surface area contributed by atoms with Crippen LogP contribution in [-0.2, 0) is 26.8 Å². The number of amides is 1. The molecule has 0 aliphatic heterocycles. The number of hydrogen-bond acceptors (Lipinski definition) is 4. The van der Waals surface area contributed by atoms with Crippen LogP contribution in [0.5, 0.6) is 5.75 Å². The Morgan fingerprint density at radius 2 is 1.81 bits per heavy atom. The molecule has 2 rings (SSSR count). The van der Waals surface area contributed by atoms with Gasteiger partial charge in [-0.15, -0.1) is 0 Å². The highest BCUT2D eigenvalue weighted by Crippen LogP contribution is 2.16. The lowest BCUT2D eigenvalue weighted by Gasteiger charge is -2.15. The molecule has 0 saturated heterocycles. The Bertz CT molecular complexity index is 844. The molecule has 0 heterocycles. The highest BCUT2D eigenvalue weighted by molar-refractivity contribution is 7.91. The third-order valence-electron chi connectivity index (χ3n) is 4.14. The van der Waals surface area contributed by atoms with Crippen LogP contribution >= 0.6 is 0 Å². The van der Waals surface area contributed by atoms with Gasteiger partial charge in [-0.3, -0.25) is 4.79 Å². The van der Waals surface area contributed by atoms with E-state index in [4.69, 9.17) is 4.74 Å². The maximum absolute atomic E-state index is 12.3. The van der Waals surface area contributed by atoms with Gasteiger partial charge in [-0.2, -0.15) is 0 Å². The normalized spacial score (nSPS) is 12.4. The Balaban J connectivity index is 1.96. The summed E-state index contributed by atoms with van der Waals surface area (Å²) in [5, 5.41) is 2.76. The molecule has 2 aromatic rings. The summed E-state index contributed by atoms with van der Waals surface area (Å²) in [5.41, 5.74) is 2.76. The molecule has 2 aromatic carbocycles. The minimum Gasteiger partial charge on any atom is -0.497 e. The highest BCUT2D eigenvalue weighted by Gasteiger charge is 2.19. The lowest BCUT2D eigenvalue weighted by Crippen LogP contribution is -2.32. The zero-order valence-electron chi connectivity index (χ0n) is 15.4. The standard InChI is InChI=1S/C20H25NO4S/c1-4-16-8-10-18(11-9-16)15(2)21-20(22)14-26(23,24)13-17-6-5-7-19(12-17)25-3/h5-12,15H,4,13-14H2,1-3H3,(H,21,22). The number of carbonyl (C=O) groups excluding carboxylic acids is 1. The lowest BCUT2D eigenvalue weighted by molar-refractivity contribution is -0.119. The second-order valence-corrected chi connectivity index (χ2v) is 8.33. The van der Waals surface area contributed by atoms with Crippen LogP contribution in [0, 0.1) is 0 Å². The number of methoxy groups -OCH3 is 1. The zero-order valence-corrected chi connectivity index (χ0v) is 16.2. The Hall–Kier alpha value is -2.34. The van der Waals surface area contributed by atoms with Crippen molar-refractivity contribution in [3.05, 3.63) is 65.2 Å². The number of nitrogens with one attached hydrogen (secondary N) is 1. The summed E-state index contributed by atoms with van der Waals surface area (Å²) >= 11 is 0. The van der Waals surface area contributed by atoms with Gasteiger partial charge in [-0.05, 0) is 42.2 Å². The molecule has 1 atom stereocenters. The lowest BCUT2D eigenvalue weighted by atomic mass is 10.1. The van der Waals surface area contributed by atoms with E-state index >= 15 is 0 Å². The fourth-order valence-electron chi connectivity index (χ4n) is 2.68. The largest absolute Gasteiger partial charge is 0.497 e. The summed E-state index contributed by atoms with van der Waals surface area (Å²) in [4.78, 5) is 12.2. The van der Waals surface area contributed by atoms with Crippen molar-refractivity contribution in [1.29, 1.82) is 0 Å². The number of aryl methyl sites for hydroxylation is 1. The second-order valence-electron chi connectivity index (χ2n) is 6.27. The van der Waals surface area contributed by atoms with Crippen molar-refractivity contribution in [2.24, 2.45) is 0 Å². The Morgan fingerprint density at radius 1 is 1.12 bits per heavy atom. The molecule has 0 aliphatic carbocycles. The van der Waals surface area contributed by atoms with Crippen molar-refractivity contribution >= 4 is 15.7 Å². The molecule has 0 aromatic heterocycles. The zero-order chi connectivity index (χ0) is 19.2. The van der Waals surface area contributed by atoms with Crippen LogP contribution in [0.3, 0.4) is 0 Å². The third-order valence-corrected chi connectivity index (χ3v) is 5.61. The predicted molar refractivity (Wildman–Crippen MR) is 103 cm³/mol. The Kier molecular flexibility index (Phi) is 6.80. The van der Waals surface area contributed by atoms with Crippen molar-refractivity contribution < 1.29 is 17.9 Å². The minimum atomic E-state index is -3.56. The number of sulfone groups is 1. The van der Waals surface area contributed by atoms with Crippen molar-refractivity contribution in [3.63, 3.8) is 0 Å². The Morgan fingerprint density at radius 3 is 2.42 bits per heavy atom. The van der Waals surface area contributed by atoms with E-state index in [1.807, 2.05) is 31.2 Å². The second kappa shape index (κ2) is 8.85. The molecule has 6 heteroatoms. The maximum Gasteiger partial charge on any atom is 0.235 e. The van der Waals surface area contributed by atoms with Gasteiger partial charge in [0, 0.05) is 0 Å². The molecule has 0 radical (unpaired) electrons. The smallest absolute Gasteiger partial charge is 0.235 e. The average molecular weight is 375 g/mol. The quantitative estimate of drug-likeness (QED) is 0.770. The molecule has 26 heavy (non-hydrogen) atoms. The van der Waals surface area contributed by atoms with Crippen LogP contribution in [0.1, 0.15) is 36.6 Å². The van der Waals surface area contributed by atoms with Gasteiger partial charge in [0.25, 0.3) is 0 Å². The third kappa shape index (κ3) is 5.88. The first-order valence-corrected chi connectivity index (χ1v) is 10.4. The first kappa shape index (κ1) is 20.0. The highest BCUT2D eigenvalue weighted by atomic mass is 32.2. The van der Waals surface area contributed by atoms with Crippen LogP contribution in [0.2, 0.25) is 0 Å². The number of rotatable bonds is 8. The molecular formula is C20H25NO4S. The molecule has 1 amide bonds. The fourth-order valence-corrected chi connectivity index (χ4v) is 3.95. The average Bonchev–Trinajstić information content (AvgIpc) is 2.60. The van der Waals surface area contributed by atoms with E-state index in [1.54, 1.807) is 24.3 Å². The first-order chi connectivity index (χ1) is 12.3. The van der Waals surface area contributed by atoms with Gasteiger partial charge in [0.2, 0.25) is 5.91 Å². The van der Waals surface area contributed by atoms with E-state index in [2.05, 4.69) is 12.2 Å². The van der Waals surface area contributed by atoms with Gasteiger partial charge in [-0.25, -0.2) is 8.42 Å². The van der Waals surface area contributed by atoms with Crippen molar-refractivity contribution in [3.8, 4) is 5.75 Å². The maximum atomic E-state index is 12.3. The summed E-state index contributed by atoms with van der Waals surface area (Å²) in [6.45, 7) is 3.92. The molecule has 1 N–H and O–H groups in total. The molecule has 140 valence electrons. The van der Waals surface area contributed by atoms with Gasteiger partial charge in [0.05, 0.1) is 18.9 Å². The molecule has 0 saturated carbocycles. The summed E-state index contributed by atoms with van der Waals surface area (Å²) in [5.74, 6) is -0.648.